The summed E-state index contributed by atoms with van der Waals surface area (Å²) in [4.78, 5) is 12.2. The van der Waals surface area contributed by atoms with Crippen LogP contribution in [0.15, 0.2) is 0 Å². The van der Waals surface area contributed by atoms with E-state index in [1.807, 2.05) is 6.92 Å². The highest BCUT2D eigenvalue weighted by Crippen LogP contribution is 2.44. The van der Waals surface area contributed by atoms with Gasteiger partial charge < -0.3 is 4.74 Å². The molecule has 0 bridgehead atoms. The zero-order valence-electron chi connectivity index (χ0n) is 13.5. The molecule has 2 aliphatic carbocycles. The first-order valence-corrected chi connectivity index (χ1v) is 9.05. The number of esters is 1. The highest BCUT2D eigenvalue weighted by Gasteiger charge is 2.44. The van der Waals surface area contributed by atoms with Crippen LogP contribution >= 0.6 is 0 Å². The molecule has 0 aliphatic heterocycles. The van der Waals surface area contributed by atoms with Gasteiger partial charge in [-0.05, 0) is 50.9 Å². The Bertz CT molecular complexity index is 317. The van der Waals surface area contributed by atoms with Crippen LogP contribution in [0.2, 0.25) is 0 Å². The first-order chi connectivity index (χ1) is 10.2. The van der Waals surface area contributed by atoms with Crippen LogP contribution in [-0.4, -0.2) is 17.7 Å². The smallest absolute Gasteiger partial charge is 0.341 e. The van der Waals surface area contributed by atoms with Crippen molar-refractivity contribution in [2.45, 2.75) is 102 Å². The minimum atomic E-state index is -1.42. The molecule has 0 aromatic carbocycles. The van der Waals surface area contributed by atoms with Gasteiger partial charge >= 0.3 is 5.97 Å². The van der Waals surface area contributed by atoms with Crippen molar-refractivity contribution in [3.63, 3.8) is 0 Å². The topological polar surface area (TPSA) is 26.3 Å². The highest BCUT2D eigenvalue weighted by molar-refractivity contribution is 5.75. The maximum Gasteiger partial charge on any atom is 0.341 e. The molecule has 2 fully saturated rings. The molecule has 0 aromatic heterocycles. The first-order valence-electron chi connectivity index (χ1n) is 9.05. The van der Waals surface area contributed by atoms with Crippen molar-refractivity contribution in [3.8, 4) is 0 Å². The number of rotatable bonds is 6. The Kier molecular flexibility index (Phi) is 6.50. The molecule has 2 aliphatic rings. The molecule has 2 nitrogen and oxygen atoms in total. The van der Waals surface area contributed by atoms with Crippen LogP contribution in [0.25, 0.3) is 0 Å². The summed E-state index contributed by atoms with van der Waals surface area (Å²) in [5.74, 6) is -0.121. The lowest BCUT2D eigenvalue weighted by atomic mass is 9.69. The van der Waals surface area contributed by atoms with Crippen LogP contribution in [0.4, 0.5) is 4.39 Å². The van der Waals surface area contributed by atoms with E-state index in [4.69, 9.17) is 4.74 Å². The Morgan fingerprint density at radius 3 is 2.38 bits per heavy atom. The van der Waals surface area contributed by atoms with Gasteiger partial charge in [-0.3, -0.25) is 0 Å². The van der Waals surface area contributed by atoms with E-state index < -0.39 is 12.1 Å². The Balaban J connectivity index is 1.99. The molecule has 0 saturated heterocycles. The summed E-state index contributed by atoms with van der Waals surface area (Å²) in [5.41, 5.74) is -0.341. The summed E-state index contributed by atoms with van der Waals surface area (Å²) in [6, 6.07) is 0. The summed E-state index contributed by atoms with van der Waals surface area (Å²) in [6.45, 7) is 2.02. The fourth-order valence-electron chi connectivity index (χ4n) is 4.14. The number of ether oxygens (including phenoxy) is 1. The van der Waals surface area contributed by atoms with Crippen LogP contribution in [-0.2, 0) is 9.53 Å². The lowest BCUT2D eigenvalue weighted by Crippen LogP contribution is -2.46. The van der Waals surface area contributed by atoms with Crippen LogP contribution in [0.3, 0.4) is 0 Å². The second-order valence-corrected chi connectivity index (χ2v) is 6.99. The normalized spacial score (nSPS) is 24.5. The third-order valence-electron chi connectivity index (χ3n) is 5.42. The van der Waals surface area contributed by atoms with Gasteiger partial charge in [0.1, 0.15) is 5.60 Å². The maximum absolute atomic E-state index is 14.0. The number of alkyl halides is 1. The first kappa shape index (κ1) is 16.8. The average molecular weight is 298 g/mol. The molecular formula is C18H31FO2. The average Bonchev–Trinajstić information content (AvgIpc) is 2.54. The van der Waals surface area contributed by atoms with E-state index >= 15 is 0 Å². The lowest BCUT2D eigenvalue weighted by molar-refractivity contribution is -0.179. The molecule has 0 aromatic rings. The number of unbranched alkanes of at least 4 members (excludes halogenated alkanes) is 1. The number of hydrogen-bond donors (Lipinski definition) is 0. The van der Waals surface area contributed by atoms with Crippen molar-refractivity contribution in [1.29, 1.82) is 0 Å². The fraction of sp³-hybridized carbons (Fsp3) is 0.944. The van der Waals surface area contributed by atoms with Gasteiger partial charge in [0.25, 0.3) is 0 Å². The maximum atomic E-state index is 14.0. The largest absolute Gasteiger partial charge is 0.457 e. The van der Waals surface area contributed by atoms with Crippen LogP contribution in [0.1, 0.15) is 90.4 Å². The Labute approximate surface area is 128 Å². The monoisotopic (exact) mass is 298 g/mol. The molecule has 21 heavy (non-hydrogen) atoms. The second-order valence-electron chi connectivity index (χ2n) is 6.99. The van der Waals surface area contributed by atoms with Crippen molar-refractivity contribution >= 4 is 5.97 Å². The standard InChI is InChI=1S/C18H31FO2/c1-2-3-12-16(19)17(20)21-18(13-8-5-9-14-18)15-10-6-4-7-11-15/h15-16H,2-14H2,1H3/t16-/m1/s1. The molecule has 3 heteroatoms. The van der Waals surface area contributed by atoms with Crippen LogP contribution in [0.5, 0.6) is 0 Å². The summed E-state index contributed by atoms with van der Waals surface area (Å²) >= 11 is 0. The molecule has 2 saturated carbocycles. The van der Waals surface area contributed by atoms with Crippen LogP contribution < -0.4 is 0 Å². The van der Waals surface area contributed by atoms with E-state index in [1.54, 1.807) is 0 Å². The van der Waals surface area contributed by atoms with Crippen LogP contribution in [0, 0.1) is 5.92 Å². The Morgan fingerprint density at radius 1 is 1.14 bits per heavy atom. The minimum Gasteiger partial charge on any atom is -0.457 e. The quantitative estimate of drug-likeness (QED) is 0.619. The highest BCUT2D eigenvalue weighted by atomic mass is 19.1. The van der Waals surface area contributed by atoms with Gasteiger partial charge in [-0.2, -0.15) is 0 Å². The Hall–Kier alpha value is -0.600. The van der Waals surface area contributed by atoms with Gasteiger partial charge in [-0.15, -0.1) is 0 Å². The molecule has 0 N–H and O–H groups in total. The van der Waals surface area contributed by atoms with Crippen molar-refractivity contribution in [3.05, 3.63) is 0 Å². The molecular weight excluding hydrogens is 267 g/mol. The minimum absolute atomic E-state index is 0.316. The number of hydrogen-bond acceptors (Lipinski definition) is 2. The predicted molar refractivity (Wildman–Crippen MR) is 82.9 cm³/mol. The second kappa shape index (κ2) is 8.14. The molecule has 0 radical (unpaired) electrons. The summed E-state index contributed by atoms with van der Waals surface area (Å²) in [7, 11) is 0. The molecule has 0 heterocycles. The van der Waals surface area contributed by atoms with Gasteiger partial charge in [-0.1, -0.05) is 45.4 Å². The van der Waals surface area contributed by atoms with Gasteiger partial charge in [-0.25, -0.2) is 9.18 Å². The molecule has 0 spiro atoms. The summed E-state index contributed by atoms with van der Waals surface area (Å²) in [6.07, 6.45) is 12.0. The van der Waals surface area contributed by atoms with Crippen molar-refractivity contribution in [2.75, 3.05) is 0 Å². The Morgan fingerprint density at radius 2 is 1.76 bits per heavy atom. The number of carbonyl (C=O) groups is 1. The van der Waals surface area contributed by atoms with Gasteiger partial charge in [0.05, 0.1) is 0 Å². The van der Waals surface area contributed by atoms with Gasteiger partial charge in [0.15, 0.2) is 6.17 Å². The summed E-state index contributed by atoms with van der Waals surface area (Å²) < 4.78 is 19.9. The molecule has 1 atom stereocenters. The third kappa shape index (κ3) is 4.43. The molecule has 2 rings (SSSR count). The molecule has 0 amide bonds. The summed E-state index contributed by atoms with van der Waals surface area (Å²) in [5, 5.41) is 0. The van der Waals surface area contributed by atoms with Gasteiger partial charge in [0, 0.05) is 0 Å². The van der Waals surface area contributed by atoms with E-state index in [-0.39, 0.29) is 5.60 Å². The lowest BCUT2D eigenvalue weighted by Gasteiger charge is -2.44. The van der Waals surface area contributed by atoms with Gasteiger partial charge in [0.2, 0.25) is 0 Å². The SMILES string of the molecule is CCCC[C@@H](F)C(=O)OC1(C2CCCCC2)CCCCC1. The van der Waals surface area contributed by atoms with E-state index in [1.165, 1.54) is 25.7 Å². The van der Waals surface area contributed by atoms with Crippen molar-refractivity contribution in [2.24, 2.45) is 5.92 Å². The third-order valence-corrected chi connectivity index (χ3v) is 5.42. The van der Waals surface area contributed by atoms with E-state index in [0.717, 1.165) is 51.4 Å². The number of carbonyl (C=O) groups excluding carboxylic acids is 1. The fourth-order valence-corrected chi connectivity index (χ4v) is 4.14. The predicted octanol–water partition coefficient (Wildman–Crippen LogP) is 5.34. The van der Waals surface area contributed by atoms with E-state index in [0.29, 0.717) is 12.3 Å². The zero-order valence-corrected chi connectivity index (χ0v) is 13.5. The number of halogens is 1. The van der Waals surface area contributed by atoms with Crippen molar-refractivity contribution in [1.82, 2.24) is 0 Å². The molecule has 122 valence electrons. The zero-order chi connectivity index (χ0) is 15.1. The van der Waals surface area contributed by atoms with E-state index in [2.05, 4.69) is 0 Å². The molecule has 0 unspecified atom stereocenters. The van der Waals surface area contributed by atoms with Crippen molar-refractivity contribution < 1.29 is 13.9 Å². The van der Waals surface area contributed by atoms with E-state index in [9.17, 15) is 9.18 Å².